The third-order valence-electron chi connectivity index (χ3n) is 2.44. The molecule has 1 atom stereocenters. The van der Waals surface area contributed by atoms with Crippen molar-refractivity contribution in [2.45, 2.75) is 12.3 Å². The number of nitrogens with one attached hydrogen (secondary N) is 1. The molecular formula is C11H14F3NO3. The van der Waals surface area contributed by atoms with Crippen molar-refractivity contribution in [3.05, 3.63) is 23.3 Å². The monoisotopic (exact) mass is 265 g/mol. The zero-order chi connectivity index (χ0) is 13.9. The van der Waals surface area contributed by atoms with Crippen LogP contribution in [0.25, 0.3) is 0 Å². The van der Waals surface area contributed by atoms with Crippen molar-refractivity contribution in [2.75, 3.05) is 20.7 Å². The van der Waals surface area contributed by atoms with Crippen LogP contribution in [-0.2, 0) is 6.18 Å². The van der Waals surface area contributed by atoms with Gasteiger partial charge in [0.1, 0.15) is 0 Å². The van der Waals surface area contributed by atoms with Crippen molar-refractivity contribution in [1.82, 2.24) is 5.32 Å². The molecular weight excluding hydrogens is 251 g/mol. The molecule has 0 aliphatic rings. The normalized spacial score (nSPS) is 13.4. The number of alkyl halides is 3. The first-order valence-corrected chi connectivity index (χ1v) is 5.12. The van der Waals surface area contributed by atoms with Gasteiger partial charge in [-0.2, -0.15) is 13.2 Å². The number of aromatic hydroxyl groups is 1. The summed E-state index contributed by atoms with van der Waals surface area (Å²) in [6, 6.07) is 1.78. The van der Waals surface area contributed by atoms with Crippen molar-refractivity contribution < 1.29 is 28.1 Å². The molecule has 1 rings (SSSR count). The van der Waals surface area contributed by atoms with Crippen LogP contribution >= 0.6 is 0 Å². The third-order valence-corrected chi connectivity index (χ3v) is 2.44. The second-order valence-corrected chi connectivity index (χ2v) is 3.65. The van der Waals surface area contributed by atoms with Crippen LogP contribution in [0, 0.1) is 0 Å². The highest BCUT2D eigenvalue weighted by molar-refractivity contribution is 5.52. The van der Waals surface area contributed by atoms with E-state index in [1.54, 1.807) is 0 Å². The van der Waals surface area contributed by atoms with E-state index in [4.69, 9.17) is 4.74 Å². The second-order valence-electron chi connectivity index (χ2n) is 3.65. The van der Waals surface area contributed by atoms with Crippen LogP contribution in [0.15, 0.2) is 12.1 Å². The average molecular weight is 265 g/mol. The molecule has 0 aliphatic heterocycles. The smallest absolute Gasteiger partial charge is 0.416 e. The van der Waals surface area contributed by atoms with Crippen LogP contribution in [0.2, 0.25) is 0 Å². The molecule has 4 nitrogen and oxygen atoms in total. The van der Waals surface area contributed by atoms with E-state index in [1.165, 1.54) is 14.2 Å². The molecule has 0 radical (unpaired) electrons. The zero-order valence-corrected chi connectivity index (χ0v) is 9.88. The number of ether oxygens (including phenoxy) is 1. The molecule has 0 heterocycles. The summed E-state index contributed by atoms with van der Waals surface area (Å²) in [4.78, 5) is 0. The molecule has 0 fully saturated rings. The van der Waals surface area contributed by atoms with Gasteiger partial charge in [0.15, 0.2) is 11.5 Å². The summed E-state index contributed by atoms with van der Waals surface area (Å²) in [7, 11) is 2.70. The Balaban J connectivity index is 3.40. The summed E-state index contributed by atoms with van der Waals surface area (Å²) in [6.07, 6.45) is -6.14. The lowest BCUT2D eigenvalue weighted by Crippen LogP contribution is -2.20. The second kappa shape index (κ2) is 5.45. The van der Waals surface area contributed by atoms with E-state index in [2.05, 4.69) is 5.32 Å². The first-order valence-electron chi connectivity index (χ1n) is 5.12. The van der Waals surface area contributed by atoms with E-state index in [0.717, 1.165) is 12.1 Å². The highest BCUT2D eigenvalue weighted by Gasteiger charge is 2.37. The Kier molecular flexibility index (Phi) is 4.42. The maximum absolute atomic E-state index is 12.8. The van der Waals surface area contributed by atoms with E-state index in [-0.39, 0.29) is 12.3 Å². The van der Waals surface area contributed by atoms with E-state index in [1.807, 2.05) is 0 Å². The number of phenolic OH excluding ortho intramolecular Hbond substituents is 1. The fourth-order valence-corrected chi connectivity index (χ4v) is 1.63. The van der Waals surface area contributed by atoms with Crippen LogP contribution in [0.1, 0.15) is 17.2 Å². The van der Waals surface area contributed by atoms with Crippen molar-refractivity contribution >= 4 is 0 Å². The van der Waals surface area contributed by atoms with Crippen LogP contribution < -0.4 is 10.1 Å². The molecule has 1 unspecified atom stereocenters. The maximum atomic E-state index is 12.8. The lowest BCUT2D eigenvalue weighted by atomic mass is 9.99. The number of phenols is 1. The average Bonchev–Trinajstić information content (AvgIpc) is 2.27. The lowest BCUT2D eigenvalue weighted by molar-refractivity contribution is -0.139. The molecule has 0 spiro atoms. The minimum absolute atomic E-state index is 0.117. The molecule has 0 saturated carbocycles. The van der Waals surface area contributed by atoms with Crippen molar-refractivity contribution in [3.63, 3.8) is 0 Å². The largest absolute Gasteiger partial charge is 0.504 e. The fraction of sp³-hybridized carbons (Fsp3) is 0.455. The van der Waals surface area contributed by atoms with Gasteiger partial charge in [0.05, 0.1) is 18.8 Å². The van der Waals surface area contributed by atoms with Crippen molar-refractivity contribution in [1.29, 1.82) is 0 Å². The standard InChI is InChI=1S/C11H14F3NO3/c1-15-5-7(16)9-6(11(12,13)14)3-4-8(18-2)10(9)17/h3-4,7,15-17H,5H2,1-2H3. The highest BCUT2D eigenvalue weighted by Crippen LogP contribution is 2.42. The Morgan fingerprint density at radius 2 is 2.00 bits per heavy atom. The minimum Gasteiger partial charge on any atom is -0.504 e. The molecule has 1 aromatic carbocycles. The van der Waals surface area contributed by atoms with Crippen LogP contribution in [-0.4, -0.2) is 30.9 Å². The van der Waals surface area contributed by atoms with E-state index in [0.29, 0.717) is 0 Å². The van der Waals surface area contributed by atoms with Gasteiger partial charge in [0.2, 0.25) is 0 Å². The number of hydrogen-bond acceptors (Lipinski definition) is 4. The molecule has 1 aromatic rings. The van der Waals surface area contributed by atoms with Crippen molar-refractivity contribution in [2.24, 2.45) is 0 Å². The first-order chi connectivity index (χ1) is 8.32. The summed E-state index contributed by atoms with van der Waals surface area (Å²) in [5.41, 5.74) is -1.67. The van der Waals surface area contributed by atoms with Gasteiger partial charge in [-0.25, -0.2) is 0 Å². The molecule has 0 aliphatic carbocycles. The summed E-state index contributed by atoms with van der Waals surface area (Å²) in [6.45, 7) is -0.121. The first kappa shape index (κ1) is 14.6. The van der Waals surface area contributed by atoms with Crippen LogP contribution in [0.5, 0.6) is 11.5 Å². The molecule has 18 heavy (non-hydrogen) atoms. The number of benzene rings is 1. The van der Waals surface area contributed by atoms with E-state index >= 15 is 0 Å². The van der Waals surface area contributed by atoms with Gasteiger partial charge < -0.3 is 20.3 Å². The molecule has 0 saturated heterocycles. The molecule has 0 amide bonds. The number of hydrogen-bond donors (Lipinski definition) is 3. The molecule has 3 N–H and O–H groups in total. The van der Waals surface area contributed by atoms with Crippen LogP contribution in [0.3, 0.4) is 0 Å². The molecule has 7 heteroatoms. The summed E-state index contributed by atoms with van der Waals surface area (Å²) >= 11 is 0. The summed E-state index contributed by atoms with van der Waals surface area (Å²) < 4.78 is 43.1. The van der Waals surface area contributed by atoms with Gasteiger partial charge in [0, 0.05) is 12.1 Å². The number of likely N-dealkylation sites (N-methyl/N-ethyl adjacent to an activating group) is 1. The highest BCUT2D eigenvalue weighted by atomic mass is 19.4. The van der Waals surface area contributed by atoms with Gasteiger partial charge in [-0.05, 0) is 19.2 Å². The number of aliphatic hydroxyl groups excluding tert-OH is 1. The number of methoxy groups -OCH3 is 1. The number of rotatable bonds is 4. The van der Waals surface area contributed by atoms with E-state index in [9.17, 15) is 23.4 Å². The topological polar surface area (TPSA) is 61.7 Å². The SMILES string of the molecule is CNCC(O)c1c(C(F)(F)F)ccc(OC)c1O. The Bertz CT molecular complexity index is 421. The van der Waals surface area contributed by atoms with Gasteiger partial charge in [-0.3, -0.25) is 0 Å². The van der Waals surface area contributed by atoms with Crippen LogP contribution in [0.4, 0.5) is 13.2 Å². The van der Waals surface area contributed by atoms with Gasteiger partial charge >= 0.3 is 6.18 Å². The quantitative estimate of drug-likeness (QED) is 0.775. The fourth-order valence-electron chi connectivity index (χ4n) is 1.63. The Morgan fingerprint density at radius 1 is 1.39 bits per heavy atom. The molecule has 0 bridgehead atoms. The van der Waals surface area contributed by atoms with Gasteiger partial charge in [-0.1, -0.05) is 0 Å². The maximum Gasteiger partial charge on any atom is 0.416 e. The predicted molar refractivity (Wildman–Crippen MR) is 58.5 cm³/mol. The molecule has 102 valence electrons. The number of aliphatic hydroxyl groups is 1. The van der Waals surface area contributed by atoms with Gasteiger partial charge in [-0.15, -0.1) is 0 Å². The summed E-state index contributed by atoms with van der Waals surface area (Å²) in [5.74, 6) is -0.816. The zero-order valence-electron chi connectivity index (χ0n) is 9.88. The minimum atomic E-state index is -4.66. The van der Waals surface area contributed by atoms with Crippen molar-refractivity contribution in [3.8, 4) is 11.5 Å². The Labute approximate surface area is 102 Å². The predicted octanol–water partition coefficient (Wildman–Crippen LogP) is 1.67. The third kappa shape index (κ3) is 2.85. The number of halogens is 3. The summed E-state index contributed by atoms with van der Waals surface area (Å²) in [5, 5.41) is 21.9. The Hall–Kier alpha value is -1.47. The van der Waals surface area contributed by atoms with Gasteiger partial charge in [0.25, 0.3) is 0 Å². The van der Waals surface area contributed by atoms with E-state index < -0.39 is 29.2 Å². The molecule has 0 aromatic heterocycles. The Morgan fingerprint density at radius 3 is 2.44 bits per heavy atom. The lowest BCUT2D eigenvalue weighted by Gasteiger charge is -2.20.